The molecule has 2 rings (SSSR count). The van der Waals surface area contributed by atoms with Crippen LogP contribution in [0.2, 0.25) is 0 Å². The highest BCUT2D eigenvalue weighted by Gasteiger charge is 2.40. The maximum atomic E-state index is 12.4. The third-order valence-corrected chi connectivity index (χ3v) is 6.36. The van der Waals surface area contributed by atoms with Gasteiger partial charge in [-0.15, -0.1) is 0 Å². The highest BCUT2D eigenvalue weighted by Crippen LogP contribution is 2.39. The van der Waals surface area contributed by atoms with E-state index in [0.717, 1.165) is 12.8 Å². The fraction of sp³-hybridized carbons (Fsp3) is 0.682. The van der Waals surface area contributed by atoms with Gasteiger partial charge >= 0.3 is 0 Å². The van der Waals surface area contributed by atoms with Gasteiger partial charge < -0.3 is 10.4 Å². The molecule has 3 N–H and O–H groups in total. The maximum Gasteiger partial charge on any atom is 0.240 e. The van der Waals surface area contributed by atoms with E-state index in [1.54, 1.807) is 0 Å². The zero-order valence-corrected chi connectivity index (χ0v) is 18.8. The standard InChI is InChI=1S/C16H32N2O2S.C6H6/c1-10-8-12(11(2)16(5,6)20)9-13(10)17-14(19)15(3,4)18-21-7;1-2-4-6-5-3-1/h10-13,18,20H,8-9H2,1-7H3,(H,17,19);1-6H. The summed E-state index contributed by atoms with van der Waals surface area (Å²) in [7, 11) is 0. The van der Waals surface area contributed by atoms with E-state index in [9.17, 15) is 9.90 Å². The first kappa shape index (κ1) is 24.0. The van der Waals surface area contributed by atoms with Gasteiger partial charge in [-0.25, -0.2) is 4.72 Å². The minimum absolute atomic E-state index is 0.0465. The predicted molar refractivity (Wildman–Crippen MR) is 116 cm³/mol. The molecule has 1 fully saturated rings. The molecule has 27 heavy (non-hydrogen) atoms. The summed E-state index contributed by atoms with van der Waals surface area (Å²) in [5.41, 5.74) is -1.23. The van der Waals surface area contributed by atoms with Gasteiger partial charge in [-0.1, -0.05) is 62.2 Å². The number of nitrogens with one attached hydrogen (secondary N) is 2. The van der Waals surface area contributed by atoms with E-state index >= 15 is 0 Å². The molecular formula is C22H38N2O2S. The first-order chi connectivity index (χ1) is 12.5. The Morgan fingerprint density at radius 3 is 1.96 bits per heavy atom. The van der Waals surface area contributed by atoms with Crippen molar-refractivity contribution in [3.63, 3.8) is 0 Å². The van der Waals surface area contributed by atoms with Crippen LogP contribution < -0.4 is 10.0 Å². The lowest BCUT2D eigenvalue weighted by atomic mass is 9.80. The van der Waals surface area contributed by atoms with Gasteiger partial charge in [-0.2, -0.15) is 0 Å². The molecule has 4 atom stereocenters. The third-order valence-electron chi connectivity index (χ3n) is 5.65. The lowest BCUT2D eigenvalue weighted by Gasteiger charge is -2.31. The smallest absolute Gasteiger partial charge is 0.240 e. The van der Waals surface area contributed by atoms with Gasteiger partial charge in [0.1, 0.15) is 5.54 Å². The summed E-state index contributed by atoms with van der Waals surface area (Å²) >= 11 is 1.46. The topological polar surface area (TPSA) is 61.4 Å². The zero-order valence-electron chi connectivity index (χ0n) is 18.0. The van der Waals surface area contributed by atoms with Gasteiger partial charge in [0.25, 0.3) is 0 Å². The molecule has 0 saturated heterocycles. The minimum atomic E-state index is -0.664. The van der Waals surface area contributed by atoms with Crippen LogP contribution in [0.4, 0.5) is 0 Å². The van der Waals surface area contributed by atoms with Crippen LogP contribution in [0.25, 0.3) is 0 Å². The average molecular weight is 395 g/mol. The number of aliphatic hydroxyl groups is 1. The zero-order chi connectivity index (χ0) is 20.7. The summed E-state index contributed by atoms with van der Waals surface area (Å²) in [4.78, 5) is 12.4. The predicted octanol–water partition coefficient (Wildman–Crippen LogP) is 4.26. The first-order valence-corrected chi connectivity index (χ1v) is 11.0. The van der Waals surface area contributed by atoms with Gasteiger partial charge in [0.15, 0.2) is 0 Å². The summed E-state index contributed by atoms with van der Waals surface area (Å²) in [6.07, 6.45) is 3.94. The molecule has 154 valence electrons. The second kappa shape index (κ2) is 10.5. The van der Waals surface area contributed by atoms with Crippen LogP contribution in [0.1, 0.15) is 54.4 Å². The van der Waals surface area contributed by atoms with Crippen molar-refractivity contribution < 1.29 is 9.90 Å². The fourth-order valence-corrected chi connectivity index (χ4v) is 4.12. The average Bonchev–Trinajstić information content (AvgIpc) is 2.96. The van der Waals surface area contributed by atoms with E-state index in [2.05, 4.69) is 23.9 Å². The van der Waals surface area contributed by atoms with Gasteiger partial charge in [-0.05, 0) is 64.5 Å². The quantitative estimate of drug-likeness (QED) is 0.631. The molecule has 1 aromatic rings. The van der Waals surface area contributed by atoms with Crippen molar-refractivity contribution in [2.75, 3.05) is 6.26 Å². The van der Waals surface area contributed by atoms with E-state index in [-0.39, 0.29) is 17.9 Å². The Hall–Kier alpha value is -1.04. The van der Waals surface area contributed by atoms with Crippen molar-refractivity contribution in [3.05, 3.63) is 36.4 Å². The normalized spacial score (nSPS) is 23.9. The number of hydrogen-bond acceptors (Lipinski definition) is 4. The van der Waals surface area contributed by atoms with Crippen LogP contribution in [0.3, 0.4) is 0 Å². The number of rotatable bonds is 6. The maximum absolute atomic E-state index is 12.4. The van der Waals surface area contributed by atoms with Crippen molar-refractivity contribution in [3.8, 4) is 0 Å². The Labute approximate surface area is 170 Å². The van der Waals surface area contributed by atoms with Gasteiger partial charge in [0.2, 0.25) is 5.91 Å². The van der Waals surface area contributed by atoms with Crippen LogP contribution >= 0.6 is 11.9 Å². The summed E-state index contributed by atoms with van der Waals surface area (Å²) < 4.78 is 3.13. The monoisotopic (exact) mass is 394 g/mol. The van der Waals surface area contributed by atoms with Gasteiger partial charge in [0, 0.05) is 6.04 Å². The summed E-state index contributed by atoms with van der Waals surface area (Å²) in [6, 6.07) is 12.2. The lowest BCUT2D eigenvalue weighted by molar-refractivity contribution is -0.126. The second-order valence-corrected chi connectivity index (χ2v) is 9.43. The van der Waals surface area contributed by atoms with E-state index in [4.69, 9.17) is 0 Å². The second-order valence-electron chi connectivity index (χ2n) is 8.82. The first-order valence-electron chi connectivity index (χ1n) is 9.82. The summed E-state index contributed by atoms with van der Waals surface area (Å²) in [5.74, 6) is 1.19. The van der Waals surface area contributed by atoms with Crippen LogP contribution in [0.15, 0.2) is 36.4 Å². The minimum Gasteiger partial charge on any atom is -0.390 e. The number of amides is 1. The molecule has 0 bridgehead atoms. The molecule has 0 aromatic heterocycles. The SMILES string of the molecule is CSNC(C)(C)C(=O)NC1CC(C(C)C(C)(C)O)CC1C.c1ccccc1. The molecule has 1 saturated carbocycles. The Kier molecular flexibility index (Phi) is 9.32. The van der Waals surface area contributed by atoms with E-state index in [1.807, 2.05) is 70.3 Å². The van der Waals surface area contributed by atoms with Crippen molar-refractivity contribution >= 4 is 17.9 Å². The molecule has 5 heteroatoms. The Morgan fingerprint density at radius 2 is 1.56 bits per heavy atom. The van der Waals surface area contributed by atoms with Gasteiger partial charge in [0.05, 0.1) is 5.60 Å². The summed E-state index contributed by atoms with van der Waals surface area (Å²) in [5, 5.41) is 13.4. The van der Waals surface area contributed by atoms with Crippen molar-refractivity contribution in [1.29, 1.82) is 0 Å². The van der Waals surface area contributed by atoms with E-state index < -0.39 is 11.1 Å². The van der Waals surface area contributed by atoms with Crippen LogP contribution in [-0.4, -0.2) is 34.5 Å². The van der Waals surface area contributed by atoms with E-state index in [0.29, 0.717) is 11.8 Å². The Bertz CT molecular complexity index is 530. The number of carbonyl (C=O) groups is 1. The number of hydrogen-bond donors (Lipinski definition) is 3. The molecule has 1 aromatic carbocycles. The van der Waals surface area contributed by atoms with E-state index in [1.165, 1.54) is 11.9 Å². The lowest BCUT2D eigenvalue weighted by Crippen LogP contribution is -2.53. The Balaban J connectivity index is 0.000000511. The molecule has 4 unspecified atom stereocenters. The molecule has 1 aliphatic rings. The molecular weight excluding hydrogens is 356 g/mol. The number of benzene rings is 1. The van der Waals surface area contributed by atoms with Crippen LogP contribution in [0.5, 0.6) is 0 Å². The highest BCUT2D eigenvalue weighted by atomic mass is 32.2. The molecule has 1 aliphatic carbocycles. The molecule has 0 heterocycles. The fourth-order valence-electron chi connectivity index (χ4n) is 3.52. The molecule has 0 aliphatic heterocycles. The van der Waals surface area contributed by atoms with Crippen molar-refractivity contribution in [1.82, 2.24) is 10.0 Å². The highest BCUT2D eigenvalue weighted by molar-refractivity contribution is 7.96. The third kappa shape index (κ3) is 7.84. The van der Waals surface area contributed by atoms with Crippen molar-refractivity contribution in [2.24, 2.45) is 17.8 Å². The largest absolute Gasteiger partial charge is 0.390 e. The molecule has 4 nitrogen and oxygen atoms in total. The molecule has 1 amide bonds. The number of carbonyl (C=O) groups excluding carboxylic acids is 1. The summed E-state index contributed by atoms with van der Waals surface area (Å²) in [6.45, 7) is 11.8. The van der Waals surface area contributed by atoms with Gasteiger partial charge in [-0.3, -0.25) is 4.79 Å². The van der Waals surface area contributed by atoms with Crippen LogP contribution in [-0.2, 0) is 4.79 Å². The molecule has 0 spiro atoms. The Morgan fingerprint density at radius 1 is 1.07 bits per heavy atom. The van der Waals surface area contributed by atoms with Crippen molar-refractivity contribution in [2.45, 2.75) is 71.6 Å². The molecule has 0 radical (unpaired) electrons. The van der Waals surface area contributed by atoms with Crippen LogP contribution in [0, 0.1) is 17.8 Å².